The van der Waals surface area contributed by atoms with Gasteiger partial charge in [0.2, 0.25) is 5.91 Å². The number of carbonyl (C=O) groups is 1. The van der Waals surface area contributed by atoms with Crippen molar-refractivity contribution in [3.63, 3.8) is 0 Å². The summed E-state index contributed by atoms with van der Waals surface area (Å²) in [5.74, 6) is -0.183. The standard InChI is InChI=1S/C21H20IN3O/c1-2-3-16-13-19(23)18-12-17(9-10-20(18)24-16)25-21(26)11-6-14-4-7-15(22)8-5-14/h4-13H,2-3H2,1H3,(H2,23,24)(H,25,26)/b11-6+. The Morgan fingerprint density at radius 1 is 1.19 bits per heavy atom. The van der Waals surface area contributed by atoms with Crippen LogP contribution in [0.1, 0.15) is 24.6 Å². The van der Waals surface area contributed by atoms with Gasteiger partial charge in [-0.05, 0) is 77.0 Å². The number of benzene rings is 2. The number of rotatable bonds is 5. The van der Waals surface area contributed by atoms with Gasteiger partial charge in [0.15, 0.2) is 0 Å². The minimum absolute atomic E-state index is 0.183. The van der Waals surface area contributed by atoms with Crippen molar-refractivity contribution in [3.8, 4) is 0 Å². The van der Waals surface area contributed by atoms with E-state index in [0.29, 0.717) is 11.4 Å². The van der Waals surface area contributed by atoms with E-state index in [4.69, 9.17) is 5.73 Å². The third-order valence-electron chi connectivity index (χ3n) is 3.96. The summed E-state index contributed by atoms with van der Waals surface area (Å²) in [6.45, 7) is 2.12. The van der Waals surface area contributed by atoms with Crippen molar-refractivity contribution < 1.29 is 4.79 Å². The number of anilines is 2. The minimum atomic E-state index is -0.183. The van der Waals surface area contributed by atoms with E-state index in [9.17, 15) is 4.79 Å². The van der Waals surface area contributed by atoms with Gasteiger partial charge in [-0.1, -0.05) is 25.5 Å². The summed E-state index contributed by atoms with van der Waals surface area (Å²) in [6.07, 6.45) is 5.25. The molecule has 1 heterocycles. The summed E-state index contributed by atoms with van der Waals surface area (Å²) in [5, 5.41) is 3.72. The number of aromatic nitrogens is 1. The van der Waals surface area contributed by atoms with E-state index in [1.165, 1.54) is 6.08 Å². The van der Waals surface area contributed by atoms with Crippen molar-refractivity contribution >= 4 is 56.9 Å². The van der Waals surface area contributed by atoms with Crippen molar-refractivity contribution in [3.05, 3.63) is 69.4 Å². The monoisotopic (exact) mass is 457 g/mol. The van der Waals surface area contributed by atoms with Crippen molar-refractivity contribution in [2.24, 2.45) is 0 Å². The van der Waals surface area contributed by atoms with Crippen LogP contribution >= 0.6 is 22.6 Å². The van der Waals surface area contributed by atoms with E-state index in [1.54, 1.807) is 6.08 Å². The van der Waals surface area contributed by atoms with Crippen LogP contribution in [0.2, 0.25) is 0 Å². The number of nitrogen functional groups attached to an aromatic ring is 1. The summed E-state index contributed by atoms with van der Waals surface area (Å²) < 4.78 is 1.16. The third-order valence-corrected chi connectivity index (χ3v) is 4.68. The number of hydrogen-bond acceptors (Lipinski definition) is 3. The number of nitrogens with two attached hydrogens (primary N) is 1. The molecule has 2 aromatic carbocycles. The molecule has 0 aliphatic heterocycles. The molecule has 0 aliphatic rings. The van der Waals surface area contributed by atoms with E-state index in [-0.39, 0.29) is 5.91 Å². The number of pyridine rings is 1. The molecule has 3 N–H and O–H groups in total. The molecule has 0 unspecified atom stereocenters. The molecule has 0 radical (unpaired) electrons. The first-order chi connectivity index (χ1) is 12.5. The molecule has 0 saturated heterocycles. The fraction of sp³-hybridized carbons (Fsp3) is 0.143. The summed E-state index contributed by atoms with van der Waals surface area (Å²) in [4.78, 5) is 16.8. The van der Waals surface area contributed by atoms with Crippen molar-refractivity contribution in [1.82, 2.24) is 4.98 Å². The second-order valence-corrected chi connectivity index (χ2v) is 7.30. The summed E-state index contributed by atoms with van der Waals surface area (Å²) in [5.41, 5.74) is 10.4. The topological polar surface area (TPSA) is 68.0 Å². The Morgan fingerprint density at radius 3 is 2.69 bits per heavy atom. The Hall–Kier alpha value is -2.41. The van der Waals surface area contributed by atoms with Crippen LogP contribution < -0.4 is 11.1 Å². The van der Waals surface area contributed by atoms with Gasteiger partial charge in [-0.2, -0.15) is 0 Å². The molecule has 1 amide bonds. The second kappa shape index (κ2) is 8.31. The quantitative estimate of drug-likeness (QED) is 0.418. The van der Waals surface area contributed by atoms with Crippen LogP contribution in [0.15, 0.2) is 54.6 Å². The molecule has 132 valence electrons. The molecule has 3 rings (SSSR count). The number of hydrogen-bond donors (Lipinski definition) is 2. The zero-order chi connectivity index (χ0) is 18.5. The Bertz CT molecular complexity index is 965. The van der Waals surface area contributed by atoms with Gasteiger partial charge in [-0.3, -0.25) is 9.78 Å². The number of carbonyl (C=O) groups excluding carboxylic acids is 1. The number of nitrogens with zero attached hydrogens (tertiary/aromatic N) is 1. The first-order valence-corrected chi connectivity index (χ1v) is 9.57. The minimum Gasteiger partial charge on any atom is -0.398 e. The highest BCUT2D eigenvalue weighted by molar-refractivity contribution is 14.1. The predicted octanol–water partition coefficient (Wildman–Crippen LogP) is 5.03. The lowest BCUT2D eigenvalue weighted by Gasteiger charge is -2.08. The maximum Gasteiger partial charge on any atom is 0.248 e. The van der Waals surface area contributed by atoms with E-state index in [0.717, 1.165) is 38.6 Å². The van der Waals surface area contributed by atoms with Gasteiger partial charge in [0.1, 0.15) is 0 Å². The molecular weight excluding hydrogens is 437 g/mol. The zero-order valence-corrected chi connectivity index (χ0v) is 16.7. The first kappa shape index (κ1) is 18.4. The highest BCUT2D eigenvalue weighted by atomic mass is 127. The highest BCUT2D eigenvalue weighted by Crippen LogP contribution is 2.24. The lowest BCUT2D eigenvalue weighted by Crippen LogP contribution is -2.08. The largest absolute Gasteiger partial charge is 0.398 e. The molecule has 0 fully saturated rings. The number of halogens is 1. The number of amides is 1. The molecule has 0 bridgehead atoms. The van der Waals surface area contributed by atoms with Gasteiger partial charge in [-0.25, -0.2) is 0 Å². The van der Waals surface area contributed by atoms with Crippen molar-refractivity contribution in [2.45, 2.75) is 19.8 Å². The molecule has 1 aromatic heterocycles. The Kier molecular flexibility index (Phi) is 5.88. The maximum atomic E-state index is 12.2. The summed E-state index contributed by atoms with van der Waals surface area (Å²) >= 11 is 2.25. The molecule has 4 nitrogen and oxygen atoms in total. The predicted molar refractivity (Wildman–Crippen MR) is 117 cm³/mol. The van der Waals surface area contributed by atoms with Gasteiger partial charge in [0.25, 0.3) is 0 Å². The van der Waals surface area contributed by atoms with Gasteiger partial charge < -0.3 is 11.1 Å². The van der Waals surface area contributed by atoms with Crippen LogP contribution in [0.5, 0.6) is 0 Å². The van der Waals surface area contributed by atoms with Gasteiger partial charge >= 0.3 is 0 Å². The number of nitrogens with one attached hydrogen (secondary N) is 1. The Balaban J connectivity index is 1.75. The van der Waals surface area contributed by atoms with Gasteiger partial charge in [-0.15, -0.1) is 0 Å². The Morgan fingerprint density at radius 2 is 1.96 bits per heavy atom. The molecule has 0 atom stereocenters. The molecular formula is C21H20IN3O. The zero-order valence-electron chi connectivity index (χ0n) is 14.5. The molecule has 5 heteroatoms. The van der Waals surface area contributed by atoms with E-state index < -0.39 is 0 Å². The fourth-order valence-electron chi connectivity index (χ4n) is 2.70. The normalized spacial score (nSPS) is 11.2. The summed E-state index contributed by atoms with van der Waals surface area (Å²) in [7, 11) is 0. The van der Waals surface area contributed by atoms with Crippen LogP contribution in [0, 0.1) is 3.57 Å². The fourth-order valence-corrected chi connectivity index (χ4v) is 3.06. The van der Waals surface area contributed by atoms with Gasteiger partial charge in [0.05, 0.1) is 5.52 Å². The Labute approximate surface area is 166 Å². The van der Waals surface area contributed by atoms with Crippen LogP contribution in [0.4, 0.5) is 11.4 Å². The average Bonchev–Trinajstić information content (AvgIpc) is 2.62. The van der Waals surface area contributed by atoms with Crippen LogP contribution in [-0.2, 0) is 11.2 Å². The third kappa shape index (κ3) is 4.60. The van der Waals surface area contributed by atoms with Crippen LogP contribution in [0.3, 0.4) is 0 Å². The SMILES string of the molecule is CCCc1cc(N)c2cc(NC(=O)/C=C/c3ccc(I)cc3)ccc2n1. The average molecular weight is 457 g/mol. The second-order valence-electron chi connectivity index (χ2n) is 6.06. The first-order valence-electron chi connectivity index (χ1n) is 8.49. The van der Waals surface area contributed by atoms with E-state index in [2.05, 4.69) is 39.8 Å². The number of aryl methyl sites for hydroxylation is 1. The molecule has 3 aromatic rings. The smallest absolute Gasteiger partial charge is 0.248 e. The van der Waals surface area contributed by atoms with E-state index in [1.807, 2.05) is 48.5 Å². The van der Waals surface area contributed by atoms with Crippen molar-refractivity contribution in [2.75, 3.05) is 11.1 Å². The lowest BCUT2D eigenvalue weighted by atomic mass is 10.1. The molecule has 0 aliphatic carbocycles. The maximum absolute atomic E-state index is 12.2. The molecule has 0 spiro atoms. The molecule has 0 saturated carbocycles. The molecule has 26 heavy (non-hydrogen) atoms. The van der Waals surface area contributed by atoms with Crippen LogP contribution in [-0.4, -0.2) is 10.9 Å². The number of fused-ring (bicyclic) bond motifs is 1. The highest BCUT2D eigenvalue weighted by Gasteiger charge is 2.06. The van der Waals surface area contributed by atoms with E-state index >= 15 is 0 Å². The van der Waals surface area contributed by atoms with Crippen molar-refractivity contribution in [1.29, 1.82) is 0 Å². The van der Waals surface area contributed by atoms with Crippen LogP contribution in [0.25, 0.3) is 17.0 Å². The lowest BCUT2D eigenvalue weighted by molar-refractivity contribution is -0.111. The summed E-state index contributed by atoms with van der Waals surface area (Å²) in [6, 6.07) is 15.5. The van der Waals surface area contributed by atoms with Gasteiger partial charge in [0, 0.05) is 32.1 Å².